The predicted octanol–water partition coefficient (Wildman–Crippen LogP) is 2.04. The molecule has 118 valence electrons. The van der Waals surface area contributed by atoms with Gasteiger partial charge in [0.15, 0.2) is 0 Å². The number of aryl methyl sites for hydroxylation is 1. The lowest BCUT2D eigenvalue weighted by Gasteiger charge is -2.18. The van der Waals surface area contributed by atoms with Crippen LogP contribution in [0.2, 0.25) is 5.15 Å². The van der Waals surface area contributed by atoms with E-state index in [1.54, 1.807) is 6.07 Å². The van der Waals surface area contributed by atoms with Crippen molar-refractivity contribution >= 4 is 29.1 Å². The number of aromatic nitrogens is 3. The van der Waals surface area contributed by atoms with Crippen LogP contribution in [-0.4, -0.2) is 27.4 Å². The zero-order chi connectivity index (χ0) is 16.2. The fourth-order valence-corrected chi connectivity index (χ4v) is 3.49. The van der Waals surface area contributed by atoms with Gasteiger partial charge in [0.05, 0.1) is 17.8 Å². The Morgan fingerprint density at radius 2 is 2.17 bits per heavy atom. The van der Waals surface area contributed by atoms with Gasteiger partial charge in [0.1, 0.15) is 5.15 Å². The van der Waals surface area contributed by atoms with E-state index in [1.807, 2.05) is 19.2 Å². The van der Waals surface area contributed by atoms with Crippen molar-refractivity contribution in [3.05, 3.63) is 40.4 Å². The highest BCUT2D eigenvalue weighted by molar-refractivity contribution is 6.29. The van der Waals surface area contributed by atoms with E-state index in [-0.39, 0.29) is 11.8 Å². The maximum absolute atomic E-state index is 11.2. The Labute approximate surface area is 138 Å². The molecule has 2 aliphatic rings. The number of carbonyl (C=O) groups is 1. The van der Waals surface area contributed by atoms with Crippen LogP contribution in [0.4, 0.5) is 11.6 Å². The van der Waals surface area contributed by atoms with Crippen LogP contribution in [0.25, 0.3) is 0 Å². The number of fused-ring (bicyclic) bond motifs is 2. The highest BCUT2D eigenvalue weighted by Crippen LogP contribution is 2.57. The normalized spacial score (nSPS) is 17.4. The van der Waals surface area contributed by atoms with Crippen LogP contribution in [0.1, 0.15) is 29.8 Å². The molecule has 2 aromatic heterocycles. The van der Waals surface area contributed by atoms with Gasteiger partial charge in [-0.3, -0.25) is 9.78 Å². The topological polar surface area (TPSA) is 85.0 Å². The first-order chi connectivity index (χ1) is 11.0. The molecule has 23 heavy (non-hydrogen) atoms. The van der Waals surface area contributed by atoms with E-state index >= 15 is 0 Å². The standard InChI is InChI=1S/C16H16ClN5O/c1-9-4-13(17)21-15(20-9)22-8-16(2-3-16)11-7-19-10(5-12(11)22)6-14(18)23/h4-5,7H,2-3,6,8H2,1H3,(H2,18,23). The number of nitrogens with zero attached hydrogens (tertiary/aromatic N) is 4. The number of carbonyl (C=O) groups excluding carboxylic acids is 1. The zero-order valence-electron chi connectivity index (χ0n) is 12.7. The molecule has 0 unspecified atom stereocenters. The van der Waals surface area contributed by atoms with Crippen molar-refractivity contribution < 1.29 is 4.79 Å². The van der Waals surface area contributed by atoms with Gasteiger partial charge in [-0.15, -0.1) is 0 Å². The van der Waals surface area contributed by atoms with Crippen molar-refractivity contribution in [2.24, 2.45) is 5.73 Å². The quantitative estimate of drug-likeness (QED) is 0.871. The van der Waals surface area contributed by atoms with Crippen molar-refractivity contribution in [1.82, 2.24) is 15.0 Å². The summed E-state index contributed by atoms with van der Waals surface area (Å²) in [5.74, 6) is 0.203. The second-order valence-corrected chi connectivity index (χ2v) is 6.72. The Hall–Kier alpha value is -2.21. The number of anilines is 2. The third-order valence-corrected chi connectivity index (χ3v) is 4.72. The van der Waals surface area contributed by atoms with Crippen LogP contribution in [0.15, 0.2) is 18.3 Å². The summed E-state index contributed by atoms with van der Waals surface area (Å²) in [4.78, 5) is 26.5. The van der Waals surface area contributed by atoms with Gasteiger partial charge in [-0.1, -0.05) is 11.6 Å². The molecule has 7 heteroatoms. The Balaban J connectivity index is 1.80. The van der Waals surface area contributed by atoms with Gasteiger partial charge in [-0.05, 0) is 31.9 Å². The molecule has 3 heterocycles. The third kappa shape index (κ3) is 2.43. The molecule has 1 saturated carbocycles. The minimum absolute atomic E-state index is 0.129. The third-order valence-electron chi connectivity index (χ3n) is 4.52. The summed E-state index contributed by atoms with van der Waals surface area (Å²) in [5.41, 5.74) is 9.13. The summed E-state index contributed by atoms with van der Waals surface area (Å²) < 4.78 is 0. The zero-order valence-corrected chi connectivity index (χ0v) is 13.5. The molecular weight excluding hydrogens is 314 g/mol. The first kappa shape index (κ1) is 14.4. The number of primary amides is 1. The van der Waals surface area contributed by atoms with Crippen LogP contribution in [-0.2, 0) is 16.6 Å². The molecule has 1 amide bonds. The molecule has 6 nitrogen and oxygen atoms in total. The number of amides is 1. The van der Waals surface area contributed by atoms with E-state index in [4.69, 9.17) is 17.3 Å². The molecule has 1 aliphatic heterocycles. The number of nitrogens with two attached hydrogens (primary N) is 1. The van der Waals surface area contributed by atoms with Crippen molar-refractivity contribution in [1.29, 1.82) is 0 Å². The maximum atomic E-state index is 11.2. The largest absolute Gasteiger partial charge is 0.369 e. The van der Waals surface area contributed by atoms with Gasteiger partial charge in [0, 0.05) is 29.4 Å². The van der Waals surface area contributed by atoms with Crippen molar-refractivity contribution in [2.75, 3.05) is 11.4 Å². The van der Waals surface area contributed by atoms with Crippen LogP contribution in [0.5, 0.6) is 0 Å². The molecule has 2 N–H and O–H groups in total. The molecule has 1 aliphatic carbocycles. The monoisotopic (exact) mass is 329 g/mol. The second kappa shape index (κ2) is 4.89. The molecule has 0 radical (unpaired) electrons. The van der Waals surface area contributed by atoms with Gasteiger partial charge in [-0.2, -0.15) is 0 Å². The van der Waals surface area contributed by atoms with Crippen LogP contribution >= 0.6 is 11.6 Å². The predicted molar refractivity (Wildman–Crippen MR) is 86.8 cm³/mol. The van der Waals surface area contributed by atoms with Gasteiger partial charge in [0.25, 0.3) is 0 Å². The fraction of sp³-hybridized carbons (Fsp3) is 0.375. The fourth-order valence-electron chi connectivity index (χ4n) is 3.26. The van der Waals surface area contributed by atoms with Crippen LogP contribution < -0.4 is 10.6 Å². The molecule has 0 atom stereocenters. The summed E-state index contributed by atoms with van der Waals surface area (Å²) >= 11 is 6.09. The van der Waals surface area contributed by atoms with E-state index in [0.29, 0.717) is 16.8 Å². The number of hydrogen-bond donors (Lipinski definition) is 1. The smallest absolute Gasteiger partial charge is 0.231 e. The average Bonchev–Trinajstić information content (AvgIpc) is 3.16. The van der Waals surface area contributed by atoms with Crippen molar-refractivity contribution in [3.63, 3.8) is 0 Å². The van der Waals surface area contributed by atoms with Gasteiger partial charge in [0.2, 0.25) is 11.9 Å². The Morgan fingerprint density at radius 3 is 2.83 bits per heavy atom. The van der Waals surface area contributed by atoms with E-state index in [9.17, 15) is 4.79 Å². The Kier molecular flexibility index (Phi) is 3.06. The molecule has 0 saturated heterocycles. The Bertz CT molecular complexity index is 798. The molecule has 0 bridgehead atoms. The van der Waals surface area contributed by atoms with E-state index < -0.39 is 5.91 Å². The number of halogens is 1. The van der Waals surface area contributed by atoms with E-state index in [1.165, 1.54) is 5.56 Å². The highest BCUT2D eigenvalue weighted by Gasteiger charge is 2.52. The van der Waals surface area contributed by atoms with Crippen molar-refractivity contribution in [3.8, 4) is 0 Å². The Morgan fingerprint density at radius 1 is 1.39 bits per heavy atom. The molecule has 0 aromatic carbocycles. The molecular formula is C16H16ClN5O. The lowest BCUT2D eigenvalue weighted by atomic mass is 10.0. The number of pyridine rings is 1. The van der Waals surface area contributed by atoms with E-state index in [2.05, 4.69) is 19.9 Å². The van der Waals surface area contributed by atoms with Gasteiger partial charge in [-0.25, -0.2) is 9.97 Å². The average molecular weight is 330 g/mol. The van der Waals surface area contributed by atoms with Gasteiger partial charge >= 0.3 is 0 Å². The summed E-state index contributed by atoms with van der Waals surface area (Å²) in [6, 6.07) is 3.66. The summed E-state index contributed by atoms with van der Waals surface area (Å²) in [5, 5.41) is 0.428. The highest BCUT2D eigenvalue weighted by atomic mass is 35.5. The summed E-state index contributed by atoms with van der Waals surface area (Å²) in [7, 11) is 0. The van der Waals surface area contributed by atoms with E-state index in [0.717, 1.165) is 30.8 Å². The van der Waals surface area contributed by atoms with Crippen LogP contribution in [0.3, 0.4) is 0 Å². The minimum atomic E-state index is -0.391. The maximum Gasteiger partial charge on any atom is 0.231 e. The molecule has 1 fully saturated rings. The first-order valence-corrected chi connectivity index (χ1v) is 7.91. The summed E-state index contributed by atoms with van der Waals surface area (Å²) in [6.45, 7) is 2.72. The second-order valence-electron chi connectivity index (χ2n) is 6.33. The molecule has 4 rings (SSSR count). The minimum Gasteiger partial charge on any atom is -0.369 e. The number of rotatable bonds is 3. The lowest BCUT2D eigenvalue weighted by molar-refractivity contribution is -0.117. The number of hydrogen-bond acceptors (Lipinski definition) is 5. The lowest BCUT2D eigenvalue weighted by Crippen LogP contribution is -2.21. The SMILES string of the molecule is Cc1cc(Cl)nc(N2CC3(CC3)c3cnc(CC(N)=O)cc32)n1. The van der Waals surface area contributed by atoms with Crippen molar-refractivity contribution in [2.45, 2.75) is 31.6 Å². The molecule has 2 aromatic rings. The van der Waals surface area contributed by atoms with Gasteiger partial charge < -0.3 is 10.6 Å². The first-order valence-electron chi connectivity index (χ1n) is 7.53. The van der Waals surface area contributed by atoms with Crippen LogP contribution in [0, 0.1) is 6.92 Å². The summed E-state index contributed by atoms with van der Waals surface area (Å²) in [6.07, 6.45) is 4.27. The molecule has 1 spiro atoms.